The number of carbonyl (C=O) groups is 1. The van der Waals surface area contributed by atoms with Gasteiger partial charge in [0.05, 0.1) is 6.10 Å². The minimum absolute atomic E-state index is 0.755. The molecule has 0 radical (unpaired) electrons. The molecule has 1 fully saturated rings. The van der Waals surface area contributed by atoms with Crippen molar-refractivity contribution in [1.82, 2.24) is 0 Å². The van der Waals surface area contributed by atoms with Gasteiger partial charge in [0.2, 0.25) is 0 Å². The largest absolute Gasteiger partial charge is 0.454 e. The van der Waals surface area contributed by atoms with Crippen LogP contribution in [0.2, 0.25) is 0 Å². The maximum Gasteiger partial charge on any atom is 0.339 e. The summed E-state index contributed by atoms with van der Waals surface area (Å²) >= 11 is 0. The van der Waals surface area contributed by atoms with Crippen molar-refractivity contribution >= 4 is 5.97 Å². The Morgan fingerprint density at radius 3 is 2.36 bits per heavy atom. The number of ether oxygens (including phenoxy) is 1. The Hall–Kier alpha value is -0.650. The first-order valence-electron chi connectivity index (χ1n) is 3.28. The molecule has 0 saturated carbocycles. The standard InChI is InChI=1S/C6H10O5/c1-2(7)3(8)5-4(9)6(10)11-5/h2-5,7-9H,1H3. The first kappa shape index (κ1) is 8.45. The van der Waals surface area contributed by atoms with Crippen LogP contribution in [0.3, 0.4) is 0 Å². The van der Waals surface area contributed by atoms with Crippen LogP contribution in [0.4, 0.5) is 0 Å². The zero-order chi connectivity index (χ0) is 8.59. The van der Waals surface area contributed by atoms with Crippen LogP contribution >= 0.6 is 0 Å². The van der Waals surface area contributed by atoms with Crippen molar-refractivity contribution in [3.8, 4) is 0 Å². The summed E-state index contributed by atoms with van der Waals surface area (Å²) < 4.78 is 4.38. The number of cyclic esters (lactones) is 1. The van der Waals surface area contributed by atoms with Gasteiger partial charge in [-0.1, -0.05) is 0 Å². The first-order valence-corrected chi connectivity index (χ1v) is 3.28. The average Bonchev–Trinajstić information content (AvgIpc) is 1.98. The van der Waals surface area contributed by atoms with Crippen LogP contribution in [0, 0.1) is 0 Å². The minimum Gasteiger partial charge on any atom is -0.454 e. The summed E-state index contributed by atoms with van der Waals surface area (Å²) in [4.78, 5) is 10.3. The Morgan fingerprint density at radius 2 is 2.09 bits per heavy atom. The number of aliphatic hydroxyl groups is 3. The summed E-state index contributed by atoms with van der Waals surface area (Å²) in [5.74, 6) is -0.755. The summed E-state index contributed by atoms with van der Waals surface area (Å²) in [5, 5.41) is 26.7. The van der Waals surface area contributed by atoms with Gasteiger partial charge in [0.1, 0.15) is 6.10 Å². The van der Waals surface area contributed by atoms with Crippen molar-refractivity contribution in [1.29, 1.82) is 0 Å². The fourth-order valence-electron chi connectivity index (χ4n) is 0.861. The highest BCUT2D eigenvalue weighted by molar-refractivity contribution is 5.80. The zero-order valence-corrected chi connectivity index (χ0v) is 5.97. The van der Waals surface area contributed by atoms with Gasteiger partial charge in [-0.3, -0.25) is 0 Å². The van der Waals surface area contributed by atoms with Gasteiger partial charge in [0.25, 0.3) is 0 Å². The van der Waals surface area contributed by atoms with E-state index in [1.165, 1.54) is 6.92 Å². The molecule has 0 amide bonds. The zero-order valence-electron chi connectivity index (χ0n) is 5.97. The summed E-state index contributed by atoms with van der Waals surface area (Å²) in [6, 6.07) is 0. The molecular weight excluding hydrogens is 152 g/mol. The van der Waals surface area contributed by atoms with Crippen LogP contribution in [-0.4, -0.2) is 45.7 Å². The van der Waals surface area contributed by atoms with Crippen molar-refractivity contribution in [2.75, 3.05) is 0 Å². The summed E-state index contributed by atoms with van der Waals surface area (Å²) in [5.41, 5.74) is 0. The molecule has 1 heterocycles. The average molecular weight is 162 g/mol. The third-order valence-electron chi connectivity index (χ3n) is 1.64. The lowest BCUT2D eigenvalue weighted by molar-refractivity contribution is -0.219. The Labute approximate surface area is 63.2 Å². The van der Waals surface area contributed by atoms with Crippen molar-refractivity contribution in [2.45, 2.75) is 31.3 Å². The van der Waals surface area contributed by atoms with E-state index in [0.29, 0.717) is 0 Å². The van der Waals surface area contributed by atoms with Crippen LogP contribution in [0.25, 0.3) is 0 Å². The van der Waals surface area contributed by atoms with E-state index >= 15 is 0 Å². The predicted molar refractivity (Wildman–Crippen MR) is 33.6 cm³/mol. The summed E-state index contributed by atoms with van der Waals surface area (Å²) in [7, 11) is 0. The Kier molecular flexibility index (Phi) is 2.12. The molecule has 4 unspecified atom stereocenters. The highest BCUT2D eigenvalue weighted by Crippen LogP contribution is 2.19. The van der Waals surface area contributed by atoms with E-state index in [1.807, 2.05) is 0 Å². The van der Waals surface area contributed by atoms with Crippen molar-refractivity contribution < 1.29 is 24.9 Å². The Balaban J connectivity index is 2.45. The molecule has 3 N–H and O–H groups in total. The van der Waals surface area contributed by atoms with E-state index in [0.717, 1.165) is 0 Å². The van der Waals surface area contributed by atoms with Gasteiger partial charge in [-0.15, -0.1) is 0 Å². The lowest BCUT2D eigenvalue weighted by atomic mass is 10.00. The molecule has 64 valence electrons. The van der Waals surface area contributed by atoms with Gasteiger partial charge in [-0.2, -0.15) is 0 Å². The monoisotopic (exact) mass is 162 g/mol. The van der Waals surface area contributed by atoms with E-state index in [1.54, 1.807) is 0 Å². The van der Waals surface area contributed by atoms with E-state index < -0.39 is 30.4 Å². The lowest BCUT2D eigenvalue weighted by Crippen LogP contribution is -2.58. The molecule has 5 nitrogen and oxygen atoms in total. The number of carbonyl (C=O) groups excluding carboxylic acids is 1. The van der Waals surface area contributed by atoms with Crippen LogP contribution in [0.5, 0.6) is 0 Å². The van der Waals surface area contributed by atoms with Gasteiger partial charge in [0, 0.05) is 0 Å². The quantitative estimate of drug-likeness (QED) is 0.409. The molecule has 0 bridgehead atoms. The predicted octanol–water partition coefficient (Wildman–Crippen LogP) is -1.99. The van der Waals surface area contributed by atoms with Crippen molar-refractivity contribution in [3.05, 3.63) is 0 Å². The minimum atomic E-state index is -1.29. The number of hydrogen-bond donors (Lipinski definition) is 3. The molecule has 0 spiro atoms. The molecule has 0 aromatic rings. The first-order chi connectivity index (χ1) is 5.04. The third kappa shape index (κ3) is 1.35. The fraction of sp³-hybridized carbons (Fsp3) is 0.833. The second-order valence-electron chi connectivity index (χ2n) is 2.58. The molecule has 1 aliphatic heterocycles. The third-order valence-corrected chi connectivity index (χ3v) is 1.64. The van der Waals surface area contributed by atoms with Gasteiger partial charge in [-0.05, 0) is 6.92 Å². The second-order valence-corrected chi connectivity index (χ2v) is 2.58. The van der Waals surface area contributed by atoms with Crippen molar-refractivity contribution in [3.63, 3.8) is 0 Å². The number of aliphatic hydroxyl groups excluding tert-OH is 3. The smallest absolute Gasteiger partial charge is 0.339 e. The highest BCUT2D eigenvalue weighted by atomic mass is 16.6. The molecule has 5 heteroatoms. The molecule has 0 aliphatic carbocycles. The molecule has 1 saturated heterocycles. The van der Waals surface area contributed by atoms with Gasteiger partial charge < -0.3 is 20.1 Å². The number of rotatable bonds is 2. The molecule has 0 aromatic carbocycles. The highest BCUT2D eigenvalue weighted by Gasteiger charge is 2.46. The van der Waals surface area contributed by atoms with E-state index in [9.17, 15) is 4.79 Å². The van der Waals surface area contributed by atoms with E-state index in [4.69, 9.17) is 15.3 Å². The van der Waals surface area contributed by atoms with Crippen LogP contribution < -0.4 is 0 Å². The second kappa shape index (κ2) is 2.77. The molecule has 11 heavy (non-hydrogen) atoms. The lowest BCUT2D eigenvalue weighted by Gasteiger charge is -2.35. The number of hydrogen-bond acceptors (Lipinski definition) is 5. The van der Waals surface area contributed by atoms with Crippen molar-refractivity contribution in [2.24, 2.45) is 0 Å². The van der Waals surface area contributed by atoms with E-state index in [-0.39, 0.29) is 0 Å². The molecule has 4 atom stereocenters. The van der Waals surface area contributed by atoms with Gasteiger partial charge >= 0.3 is 5.97 Å². The molecular formula is C6H10O5. The maximum atomic E-state index is 10.3. The number of esters is 1. The van der Waals surface area contributed by atoms with E-state index in [2.05, 4.69) is 4.74 Å². The van der Waals surface area contributed by atoms with Crippen LogP contribution in [0.1, 0.15) is 6.92 Å². The Morgan fingerprint density at radius 1 is 1.55 bits per heavy atom. The Bertz CT molecular complexity index is 166. The summed E-state index contributed by atoms with van der Waals surface area (Å²) in [6.07, 6.45) is -4.48. The summed E-state index contributed by atoms with van der Waals surface area (Å²) in [6.45, 7) is 1.35. The topological polar surface area (TPSA) is 87.0 Å². The van der Waals surface area contributed by atoms with Crippen LogP contribution in [-0.2, 0) is 9.53 Å². The maximum absolute atomic E-state index is 10.3. The molecule has 0 aromatic heterocycles. The van der Waals surface area contributed by atoms with Gasteiger partial charge in [0.15, 0.2) is 12.2 Å². The van der Waals surface area contributed by atoms with Crippen LogP contribution in [0.15, 0.2) is 0 Å². The van der Waals surface area contributed by atoms with Gasteiger partial charge in [-0.25, -0.2) is 4.79 Å². The normalized spacial score (nSPS) is 35.5. The molecule has 1 aliphatic rings. The fourth-order valence-corrected chi connectivity index (χ4v) is 0.861. The molecule has 1 rings (SSSR count). The SMILES string of the molecule is CC(O)C(O)C1OC(=O)C1O.